The molecule has 0 fully saturated rings. The fourth-order valence-corrected chi connectivity index (χ4v) is 2.59. The van der Waals surface area contributed by atoms with E-state index in [0.29, 0.717) is 6.04 Å². The Morgan fingerprint density at radius 3 is 3.17 bits per heavy atom. The predicted octanol–water partition coefficient (Wildman–Crippen LogP) is 1.77. The molecule has 1 aromatic heterocycles. The van der Waals surface area contributed by atoms with Gasteiger partial charge in [-0.25, -0.2) is 0 Å². The van der Waals surface area contributed by atoms with Crippen LogP contribution in [0.5, 0.6) is 0 Å². The van der Waals surface area contributed by atoms with Crippen LogP contribution in [-0.2, 0) is 6.42 Å². The van der Waals surface area contributed by atoms with Crippen molar-refractivity contribution in [1.82, 2.24) is 4.57 Å². The first-order chi connectivity index (χ1) is 5.83. The summed E-state index contributed by atoms with van der Waals surface area (Å²) in [6.07, 6.45) is 2.19. The minimum Gasteiger partial charge on any atom is -0.309 e. The zero-order chi connectivity index (χ0) is 8.55. The van der Waals surface area contributed by atoms with Crippen LogP contribution in [0.25, 0.3) is 0 Å². The summed E-state index contributed by atoms with van der Waals surface area (Å²) in [6, 6.07) is 5.99. The molecule has 0 saturated heterocycles. The normalized spacial score (nSPS) is 20.9. The lowest BCUT2D eigenvalue weighted by atomic mass is 10.2. The van der Waals surface area contributed by atoms with Gasteiger partial charge in [-0.15, -0.1) is 0 Å². The van der Waals surface area contributed by atoms with Crippen molar-refractivity contribution in [3.63, 3.8) is 0 Å². The van der Waals surface area contributed by atoms with Crippen molar-refractivity contribution in [3.05, 3.63) is 34.2 Å². The van der Waals surface area contributed by atoms with Gasteiger partial charge in [-0.3, -0.25) is 4.79 Å². The number of alkyl halides is 1. The topological polar surface area (TPSA) is 22.0 Å². The number of aryl methyl sites for hydroxylation is 1. The van der Waals surface area contributed by atoms with Crippen LogP contribution in [0.4, 0.5) is 0 Å². The zero-order valence-electron chi connectivity index (χ0n) is 6.66. The zero-order valence-corrected chi connectivity index (χ0v) is 8.82. The van der Waals surface area contributed by atoms with E-state index < -0.39 is 0 Å². The Kier molecular flexibility index (Phi) is 2.21. The standard InChI is InChI=1S/C9H10INO/c10-6-8-5-4-7-2-1-3-9(12)11(7)8/h1-3,8H,4-6H2. The third-order valence-corrected chi connectivity index (χ3v) is 3.37. The van der Waals surface area contributed by atoms with Gasteiger partial charge in [-0.05, 0) is 18.9 Å². The molecule has 2 heterocycles. The van der Waals surface area contributed by atoms with Crippen LogP contribution < -0.4 is 5.56 Å². The van der Waals surface area contributed by atoms with Gasteiger partial charge in [-0.2, -0.15) is 0 Å². The van der Waals surface area contributed by atoms with Crippen molar-refractivity contribution < 1.29 is 0 Å². The van der Waals surface area contributed by atoms with Crippen LogP contribution in [0, 0.1) is 0 Å². The Balaban J connectivity index is 2.56. The van der Waals surface area contributed by atoms with Crippen LogP contribution in [-0.4, -0.2) is 8.99 Å². The van der Waals surface area contributed by atoms with E-state index >= 15 is 0 Å². The molecule has 1 atom stereocenters. The molecule has 3 heteroatoms. The molecule has 0 aromatic carbocycles. The third kappa shape index (κ3) is 1.20. The SMILES string of the molecule is O=c1cccc2n1C(CI)CC2. The van der Waals surface area contributed by atoms with Crippen LogP contribution in [0.3, 0.4) is 0 Å². The lowest BCUT2D eigenvalue weighted by Crippen LogP contribution is -2.22. The van der Waals surface area contributed by atoms with Crippen LogP contribution in [0.15, 0.2) is 23.0 Å². The molecule has 0 amide bonds. The Labute approximate surface area is 84.7 Å². The number of halogens is 1. The van der Waals surface area contributed by atoms with E-state index in [1.54, 1.807) is 6.07 Å². The molecule has 0 spiro atoms. The highest BCUT2D eigenvalue weighted by atomic mass is 127. The smallest absolute Gasteiger partial charge is 0.250 e. The first-order valence-corrected chi connectivity index (χ1v) is 5.62. The van der Waals surface area contributed by atoms with Gasteiger partial charge in [0.15, 0.2) is 0 Å². The molecule has 1 unspecified atom stereocenters. The van der Waals surface area contributed by atoms with Gasteiger partial charge in [0.2, 0.25) is 0 Å². The predicted molar refractivity (Wildman–Crippen MR) is 56.9 cm³/mol. The summed E-state index contributed by atoms with van der Waals surface area (Å²) in [4.78, 5) is 11.4. The first-order valence-electron chi connectivity index (χ1n) is 4.09. The van der Waals surface area contributed by atoms with Gasteiger partial charge in [0.05, 0.1) is 0 Å². The van der Waals surface area contributed by atoms with Crippen molar-refractivity contribution in [2.24, 2.45) is 0 Å². The molecule has 1 aliphatic rings. The van der Waals surface area contributed by atoms with E-state index in [2.05, 4.69) is 22.6 Å². The fraction of sp³-hybridized carbons (Fsp3) is 0.444. The Morgan fingerprint density at radius 1 is 1.58 bits per heavy atom. The monoisotopic (exact) mass is 275 g/mol. The summed E-state index contributed by atoms with van der Waals surface area (Å²) in [7, 11) is 0. The maximum Gasteiger partial charge on any atom is 0.250 e. The maximum absolute atomic E-state index is 11.4. The number of rotatable bonds is 1. The lowest BCUT2D eigenvalue weighted by molar-refractivity contribution is 0.580. The average molecular weight is 275 g/mol. The largest absolute Gasteiger partial charge is 0.309 e. The number of pyridine rings is 1. The Bertz CT molecular complexity index is 345. The summed E-state index contributed by atoms with van der Waals surface area (Å²) < 4.78 is 2.97. The molecule has 0 bridgehead atoms. The Morgan fingerprint density at radius 2 is 2.42 bits per heavy atom. The summed E-state index contributed by atoms with van der Waals surface area (Å²) in [5, 5.41) is 0. The minimum atomic E-state index is 0.159. The summed E-state index contributed by atoms with van der Waals surface area (Å²) in [5.41, 5.74) is 1.36. The quantitative estimate of drug-likeness (QED) is 0.565. The van der Waals surface area contributed by atoms with Crippen molar-refractivity contribution in [1.29, 1.82) is 0 Å². The van der Waals surface area contributed by atoms with Gasteiger partial charge in [0.25, 0.3) is 5.56 Å². The minimum absolute atomic E-state index is 0.159. The summed E-state index contributed by atoms with van der Waals surface area (Å²) in [6.45, 7) is 0. The van der Waals surface area contributed by atoms with Gasteiger partial charge < -0.3 is 4.57 Å². The highest BCUT2D eigenvalue weighted by molar-refractivity contribution is 14.1. The highest BCUT2D eigenvalue weighted by Crippen LogP contribution is 2.24. The molecule has 1 aliphatic heterocycles. The van der Waals surface area contributed by atoms with E-state index in [1.807, 2.05) is 16.7 Å². The van der Waals surface area contributed by atoms with Crippen LogP contribution in [0.1, 0.15) is 18.2 Å². The van der Waals surface area contributed by atoms with Crippen molar-refractivity contribution in [2.45, 2.75) is 18.9 Å². The molecule has 0 aliphatic carbocycles. The van der Waals surface area contributed by atoms with E-state index in [9.17, 15) is 4.79 Å². The van der Waals surface area contributed by atoms with Crippen molar-refractivity contribution in [2.75, 3.05) is 4.43 Å². The molecule has 0 radical (unpaired) electrons. The van der Waals surface area contributed by atoms with Crippen LogP contribution >= 0.6 is 22.6 Å². The second-order valence-electron chi connectivity index (χ2n) is 3.07. The molecule has 2 rings (SSSR count). The molecule has 1 aromatic rings. The number of nitrogens with zero attached hydrogens (tertiary/aromatic N) is 1. The van der Waals surface area contributed by atoms with Gasteiger partial charge >= 0.3 is 0 Å². The van der Waals surface area contributed by atoms with E-state index in [1.165, 1.54) is 5.69 Å². The maximum atomic E-state index is 11.4. The molecule has 0 N–H and O–H groups in total. The number of hydrogen-bond donors (Lipinski definition) is 0. The average Bonchev–Trinajstić information content (AvgIpc) is 2.49. The van der Waals surface area contributed by atoms with Gasteiger partial charge in [0, 0.05) is 22.2 Å². The van der Waals surface area contributed by atoms with Gasteiger partial charge in [0.1, 0.15) is 0 Å². The number of hydrogen-bond acceptors (Lipinski definition) is 1. The summed E-state index contributed by atoms with van der Waals surface area (Å²) in [5.74, 6) is 0. The number of fused-ring (bicyclic) bond motifs is 1. The number of aromatic nitrogens is 1. The third-order valence-electron chi connectivity index (χ3n) is 2.35. The highest BCUT2D eigenvalue weighted by Gasteiger charge is 2.20. The molecule has 12 heavy (non-hydrogen) atoms. The second-order valence-corrected chi connectivity index (χ2v) is 3.95. The Hall–Kier alpha value is -0.320. The summed E-state index contributed by atoms with van der Waals surface area (Å²) >= 11 is 2.34. The van der Waals surface area contributed by atoms with Crippen molar-refractivity contribution >= 4 is 22.6 Å². The second kappa shape index (κ2) is 3.20. The molecular formula is C9H10INO. The van der Waals surface area contributed by atoms with E-state index in [-0.39, 0.29) is 5.56 Å². The molecular weight excluding hydrogens is 265 g/mol. The molecule has 64 valence electrons. The van der Waals surface area contributed by atoms with E-state index in [0.717, 1.165) is 17.3 Å². The van der Waals surface area contributed by atoms with Crippen LogP contribution in [0.2, 0.25) is 0 Å². The van der Waals surface area contributed by atoms with Crippen molar-refractivity contribution in [3.8, 4) is 0 Å². The first kappa shape index (κ1) is 8.29. The fourth-order valence-electron chi connectivity index (χ4n) is 1.75. The lowest BCUT2D eigenvalue weighted by Gasteiger charge is -2.09. The van der Waals surface area contributed by atoms with Gasteiger partial charge in [-0.1, -0.05) is 28.7 Å². The molecule has 0 saturated carbocycles. The molecule has 2 nitrogen and oxygen atoms in total. The van der Waals surface area contributed by atoms with E-state index in [4.69, 9.17) is 0 Å².